The monoisotopic (exact) mass is 280 g/mol. The summed E-state index contributed by atoms with van der Waals surface area (Å²) in [5.41, 5.74) is 4.46. The van der Waals surface area contributed by atoms with Crippen molar-refractivity contribution in [1.82, 2.24) is 9.97 Å². The number of benzene rings is 2. The average Bonchev–Trinajstić information content (AvgIpc) is 3.00. The smallest absolute Gasteiger partial charge is 0.132 e. The fourth-order valence-electron chi connectivity index (χ4n) is 2.36. The van der Waals surface area contributed by atoms with Gasteiger partial charge >= 0.3 is 0 Å². The van der Waals surface area contributed by atoms with Gasteiger partial charge < -0.3 is 4.98 Å². The maximum Gasteiger partial charge on any atom is 0.132 e. The largest absolute Gasteiger partial charge is 0.338 e. The second-order valence-corrected chi connectivity index (χ2v) is 4.90. The van der Waals surface area contributed by atoms with Gasteiger partial charge in [0.2, 0.25) is 0 Å². The zero-order valence-corrected chi connectivity index (χ0v) is 13.2. The molecule has 21 heavy (non-hydrogen) atoms. The summed E-state index contributed by atoms with van der Waals surface area (Å²) in [5, 5.41) is 2.53. The maximum atomic E-state index is 4.37. The van der Waals surface area contributed by atoms with Gasteiger partial charge in [-0.1, -0.05) is 56.8 Å². The fraction of sp³-hybridized carbons (Fsp3) is 0.211. The first-order valence-corrected chi connectivity index (χ1v) is 7.36. The number of aromatic amines is 1. The first kappa shape index (κ1) is 15.0. The van der Waals surface area contributed by atoms with Crippen LogP contribution in [0.3, 0.4) is 0 Å². The second kappa shape index (κ2) is 6.40. The van der Waals surface area contributed by atoms with E-state index in [9.17, 15) is 0 Å². The molecule has 0 radical (unpaired) electrons. The molecule has 0 saturated heterocycles. The molecule has 1 aromatic heterocycles. The number of fused-ring (bicyclic) bond motifs is 1. The highest BCUT2D eigenvalue weighted by molar-refractivity contribution is 5.97. The number of imidazole rings is 1. The van der Waals surface area contributed by atoms with E-state index in [2.05, 4.69) is 59.9 Å². The molecule has 0 atom stereocenters. The Morgan fingerprint density at radius 3 is 2.38 bits per heavy atom. The van der Waals surface area contributed by atoms with Crippen molar-refractivity contribution in [2.24, 2.45) is 0 Å². The number of nitrogens with one attached hydrogen (secondary N) is 1. The Morgan fingerprint density at radius 2 is 1.76 bits per heavy atom. The van der Waals surface area contributed by atoms with Crippen molar-refractivity contribution >= 4 is 16.3 Å². The Labute approximate surface area is 128 Å². The Kier molecular flexibility index (Phi) is 4.59. The molecule has 3 rings (SSSR count). The predicted octanol–water partition coefficient (Wildman–Crippen LogP) is 5.84. The fourth-order valence-corrected chi connectivity index (χ4v) is 2.36. The average molecular weight is 280 g/mol. The van der Waals surface area contributed by atoms with Crippen molar-refractivity contribution in [3.63, 3.8) is 0 Å². The van der Waals surface area contributed by atoms with E-state index in [1.807, 2.05) is 27.0 Å². The van der Waals surface area contributed by atoms with E-state index in [0.29, 0.717) is 0 Å². The van der Waals surface area contributed by atoms with Crippen LogP contribution in [0.1, 0.15) is 33.6 Å². The summed E-state index contributed by atoms with van der Waals surface area (Å²) in [4.78, 5) is 7.70. The summed E-state index contributed by atoms with van der Waals surface area (Å²) in [7, 11) is 0. The molecule has 0 bridgehead atoms. The van der Waals surface area contributed by atoms with Gasteiger partial charge in [-0.2, -0.15) is 0 Å². The number of nitrogens with zero attached hydrogens (tertiary/aromatic N) is 1. The van der Waals surface area contributed by atoms with Gasteiger partial charge in [-0.15, -0.1) is 0 Å². The van der Waals surface area contributed by atoms with Crippen molar-refractivity contribution in [2.75, 3.05) is 0 Å². The van der Waals surface area contributed by atoms with Crippen molar-refractivity contribution in [2.45, 2.75) is 27.7 Å². The molecule has 0 amide bonds. The highest BCUT2D eigenvalue weighted by atomic mass is 14.9. The Balaban J connectivity index is 0.000000775. The Hall–Kier alpha value is -2.35. The minimum Gasteiger partial charge on any atom is -0.338 e. The van der Waals surface area contributed by atoms with Crippen molar-refractivity contribution in [1.29, 1.82) is 0 Å². The van der Waals surface area contributed by atoms with Crippen LogP contribution < -0.4 is 0 Å². The summed E-state index contributed by atoms with van der Waals surface area (Å²) in [5.74, 6) is 0.847. The lowest BCUT2D eigenvalue weighted by atomic mass is 9.99. The predicted molar refractivity (Wildman–Crippen MR) is 94.4 cm³/mol. The van der Waals surface area contributed by atoms with Gasteiger partial charge in [0.15, 0.2) is 0 Å². The van der Waals surface area contributed by atoms with Crippen LogP contribution in [-0.4, -0.2) is 9.97 Å². The van der Waals surface area contributed by atoms with Crippen molar-refractivity contribution < 1.29 is 1.43 Å². The number of allylic oxidation sites excluding steroid dienone is 1. The van der Waals surface area contributed by atoms with Gasteiger partial charge in [-0.3, -0.25) is 0 Å². The van der Waals surface area contributed by atoms with Crippen LogP contribution >= 0.6 is 0 Å². The van der Waals surface area contributed by atoms with Crippen molar-refractivity contribution in [3.05, 3.63) is 60.6 Å². The molecule has 110 valence electrons. The summed E-state index contributed by atoms with van der Waals surface area (Å²) >= 11 is 0. The first-order chi connectivity index (χ1) is 10.2. The standard InChI is InChI=1S/C17H16N2.C2H6.H2/c1-11(2)17-18-10-16(19-17)15-9-8-12(3)13-6-4-5-7-14(13)15;1-2;/h4-10H,1H2,2-3H3,(H,18,19);1-2H3;1H. The zero-order valence-electron chi connectivity index (χ0n) is 13.2. The molecule has 0 unspecified atom stereocenters. The molecular weight excluding hydrogens is 256 g/mol. The molecule has 3 aromatic rings. The van der Waals surface area contributed by atoms with Crippen LogP contribution in [0.25, 0.3) is 27.6 Å². The van der Waals surface area contributed by atoms with Crippen LogP contribution in [-0.2, 0) is 0 Å². The molecule has 2 heteroatoms. The van der Waals surface area contributed by atoms with Gasteiger partial charge in [-0.05, 0) is 35.8 Å². The third kappa shape index (κ3) is 2.89. The molecule has 1 N–H and O–H groups in total. The van der Waals surface area contributed by atoms with Crippen LogP contribution in [0.2, 0.25) is 0 Å². The van der Waals surface area contributed by atoms with Gasteiger partial charge in [0.1, 0.15) is 5.82 Å². The lowest BCUT2D eigenvalue weighted by Gasteiger charge is -2.07. The molecule has 2 aromatic carbocycles. The summed E-state index contributed by atoms with van der Waals surface area (Å²) < 4.78 is 0. The van der Waals surface area contributed by atoms with Gasteiger partial charge in [0.25, 0.3) is 0 Å². The number of hydrogen-bond acceptors (Lipinski definition) is 1. The molecule has 2 nitrogen and oxygen atoms in total. The Morgan fingerprint density at radius 1 is 1.10 bits per heavy atom. The van der Waals surface area contributed by atoms with E-state index < -0.39 is 0 Å². The van der Waals surface area contributed by atoms with Crippen molar-refractivity contribution in [3.8, 4) is 11.3 Å². The number of aryl methyl sites for hydroxylation is 1. The number of hydrogen-bond donors (Lipinski definition) is 1. The molecule has 1 heterocycles. The number of H-pyrrole nitrogens is 1. The molecule has 0 fully saturated rings. The normalized spacial score (nSPS) is 10.1. The van der Waals surface area contributed by atoms with E-state index in [4.69, 9.17) is 0 Å². The zero-order chi connectivity index (χ0) is 15.4. The SMILES string of the molecule is C=C(C)c1ncc(-c2ccc(C)c3ccccc23)[nH]1.CC.[HH]. The molecule has 0 aliphatic carbocycles. The minimum atomic E-state index is 0. The first-order valence-electron chi connectivity index (χ1n) is 7.36. The highest BCUT2D eigenvalue weighted by Gasteiger charge is 2.08. The van der Waals surface area contributed by atoms with Crippen LogP contribution in [0, 0.1) is 6.92 Å². The van der Waals surface area contributed by atoms with Crippen LogP contribution in [0.5, 0.6) is 0 Å². The molecule has 0 aliphatic heterocycles. The maximum absolute atomic E-state index is 4.37. The van der Waals surface area contributed by atoms with Gasteiger partial charge in [-0.25, -0.2) is 4.98 Å². The van der Waals surface area contributed by atoms with E-state index in [-0.39, 0.29) is 1.43 Å². The summed E-state index contributed by atoms with van der Waals surface area (Å²) in [6.45, 7) is 12.0. The van der Waals surface area contributed by atoms with E-state index in [1.165, 1.54) is 21.9 Å². The van der Waals surface area contributed by atoms with Crippen LogP contribution in [0.4, 0.5) is 0 Å². The molecule has 0 spiro atoms. The summed E-state index contributed by atoms with van der Waals surface area (Å²) in [6.07, 6.45) is 1.88. The quantitative estimate of drug-likeness (QED) is 0.627. The molecule has 0 aliphatic rings. The van der Waals surface area contributed by atoms with Gasteiger partial charge in [0, 0.05) is 6.99 Å². The lowest BCUT2D eigenvalue weighted by molar-refractivity contribution is 1.23. The minimum absolute atomic E-state index is 0. The van der Waals surface area contributed by atoms with E-state index in [1.54, 1.807) is 0 Å². The Bertz CT molecular complexity index is 772. The lowest BCUT2D eigenvalue weighted by Crippen LogP contribution is -1.85. The van der Waals surface area contributed by atoms with Gasteiger partial charge in [0.05, 0.1) is 11.9 Å². The second-order valence-electron chi connectivity index (χ2n) is 4.90. The van der Waals surface area contributed by atoms with E-state index in [0.717, 1.165) is 17.1 Å². The topological polar surface area (TPSA) is 28.7 Å². The summed E-state index contributed by atoms with van der Waals surface area (Å²) in [6, 6.07) is 12.8. The molecule has 0 saturated carbocycles. The highest BCUT2D eigenvalue weighted by Crippen LogP contribution is 2.29. The third-order valence-electron chi connectivity index (χ3n) is 3.41. The number of rotatable bonds is 2. The molecular formula is C19H24N2. The number of aromatic nitrogens is 2. The third-order valence-corrected chi connectivity index (χ3v) is 3.41. The van der Waals surface area contributed by atoms with E-state index >= 15 is 0 Å². The van der Waals surface area contributed by atoms with Crippen LogP contribution in [0.15, 0.2) is 49.2 Å².